The monoisotopic (exact) mass is 324 g/mol. The highest BCUT2D eigenvalue weighted by Gasteiger charge is 2.24. The van der Waals surface area contributed by atoms with Gasteiger partial charge < -0.3 is 9.47 Å². The van der Waals surface area contributed by atoms with E-state index in [-0.39, 0.29) is 23.8 Å². The van der Waals surface area contributed by atoms with E-state index in [1.54, 1.807) is 13.8 Å². The quantitative estimate of drug-likeness (QED) is 0.447. The Hall–Kier alpha value is -1.58. The number of rotatable bonds is 10. The van der Waals surface area contributed by atoms with Gasteiger partial charge in [-0.15, -0.1) is 0 Å². The van der Waals surface area contributed by atoms with Crippen LogP contribution in [0.1, 0.15) is 48.0 Å². The van der Waals surface area contributed by atoms with Crippen LogP contribution in [0, 0.1) is 23.7 Å². The summed E-state index contributed by atoms with van der Waals surface area (Å²) in [5.41, 5.74) is 0.812. The summed E-state index contributed by atoms with van der Waals surface area (Å²) in [4.78, 5) is 23.2. The maximum Gasteiger partial charge on any atom is 0.333 e. The summed E-state index contributed by atoms with van der Waals surface area (Å²) in [6.45, 7) is 19.6. The van der Waals surface area contributed by atoms with Gasteiger partial charge in [-0.25, -0.2) is 9.59 Å². The van der Waals surface area contributed by atoms with Crippen molar-refractivity contribution >= 4 is 11.9 Å². The second-order valence-electron chi connectivity index (χ2n) is 7.00. The third-order valence-corrected chi connectivity index (χ3v) is 4.05. The summed E-state index contributed by atoms with van der Waals surface area (Å²) < 4.78 is 10.6. The molecule has 0 amide bonds. The van der Waals surface area contributed by atoms with Gasteiger partial charge in [0.1, 0.15) is 0 Å². The first kappa shape index (κ1) is 21.4. The molecule has 0 aliphatic carbocycles. The molecule has 0 heterocycles. The van der Waals surface area contributed by atoms with Crippen LogP contribution < -0.4 is 0 Å². The van der Waals surface area contributed by atoms with E-state index < -0.39 is 0 Å². The first-order valence-corrected chi connectivity index (χ1v) is 8.21. The molecule has 0 spiro atoms. The summed E-state index contributed by atoms with van der Waals surface area (Å²) in [5, 5.41) is 0. The van der Waals surface area contributed by atoms with Gasteiger partial charge in [-0.1, -0.05) is 40.9 Å². The number of hydrogen-bond acceptors (Lipinski definition) is 4. The molecule has 2 unspecified atom stereocenters. The Morgan fingerprint density at radius 2 is 1.09 bits per heavy atom. The summed E-state index contributed by atoms with van der Waals surface area (Å²) in [6.07, 6.45) is 0.836. The van der Waals surface area contributed by atoms with E-state index in [1.165, 1.54) is 0 Å². The largest absolute Gasteiger partial charge is 0.462 e. The second kappa shape index (κ2) is 10.2. The molecule has 4 nitrogen and oxygen atoms in total. The van der Waals surface area contributed by atoms with Gasteiger partial charge in [0.25, 0.3) is 0 Å². The maximum atomic E-state index is 11.6. The second-order valence-corrected chi connectivity index (χ2v) is 7.00. The zero-order valence-corrected chi connectivity index (χ0v) is 15.5. The molecule has 0 saturated carbocycles. The lowest BCUT2D eigenvalue weighted by Crippen LogP contribution is -2.27. The molecule has 0 aliphatic rings. The van der Waals surface area contributed by atoms with Crippen molar-refractivity contribution in [2.75, 3.05) is 13.2 Å². The van der Waals surface area contributed by atoms with E-state index in [0.717, 1.165) is 6.42 Å². The Morgan fingerprint density at radius 3 is 1.30 bits per heavy atom. The predicted molar refractivity (Wildman–Crippen MR) is 92.8 cm³/mol. The highest BCUT2D eigenvalue weighted by atomic mass is 16.5. The van der Waals surface area contributed by atoms with Crippen molar-refractivity contribution in [2.24, 2.45) is 23.7 Å². The number of hydrogen-bond donors (Lipinski definition) is 0. The van der Waals surface area contributed by atoms with Crippen LogP contribution in [-0.2, 0) is 19.1 Å². The Labute approximate surface area is 140 Å². The van der Waals surface area contributed by atoms with Crippen molar-refractivity contribution in [1.82, 2.24) is 0 Å². The Morgan fingerprint density at radius 1 is 0.783 bits per heavy atom. The van der Waals surface area contributed by atoms with Gasteiger partial charge in [-0.05, 0) is 43.9 Å². The molecule has 0 bridgehead atoms. The fourth-order valence-electron chi connectivity index (χ4n) is 2.07. The summed E-state index contributed by atoms with van der Waals surface area (Å²) in [6, 6.07) is 0. The van der Waals surface area contributed by atoms with Crippen LogP contribution in [0.2, 0.25) is 0 Å². The summed E-state index contributed by atoms with van der Waals surface area (Å²) >= 11 is 0. The minimum Gasteiger partial charge on any atom is -0.462 e. The first-order chi connectivity index (χ1) is 10.6. The van der Waals surface area contributed by atoms with Crippen molar-refractivity contribution in [3.8, 4) is 0 Å². The molecule has 0 aromatic carbocycles. The average molecular weight is 324 g/mol. The molecule has 0 rings (SSSR count). The topological polar surface area (TPSA) is 52.6 Å². The van der Waals surface area contributed by atoms with Crippen LogP contribution in [0.25, 0.3) is 0 Å². The van der Waals surface area contributed by atoms with E-state index in [1.807, 2.05) is 0 Å². The Kier molecular flexibility index (Phi) is 9.54. The lowest BCUT2D eigenvalue weighted by atomic mass is 9.82. The lowest BCUT2D eigenvalue weighted by molar-refractivity contribution is -0.141. The van der Waals surface area contributed by atoms with Gasteiger partial charge in [-0.2, -0.15) is 0 Å². The molecule has 23 heavy (non-hydrogen) atoms. The summed E-state index contributed by atoms with van der Waals surface area (Å²) in [5.74, 6) is 0.455. The zero-order valence-electron chi connectivity index (χ0n) is 15.5. The standard InChI is InChI=1S/C19H32O4/c1-12(2)16(10-22-18(20)14(5)6)9-17(13(3)4)11-23-19(21)15(7)8/h12-13,16-17H,5,7,9-11H2,1-4,6,8H3. The van der Waals surface area contributed by atoms with Crippen molar-refractivity contribution in [2.45, 2.75) is 48.0 Å². The van der Waals surface area contributed by atoms with Gasteiger partial charge in [0.15, 0.2) is 0 Å². The third kappa shape index (κ3) is 8.58. The first-order valence-electron chi connectivity index (χ1n) is 8.21. The van der Waals surface area contributed by atoms with Gasteiger partial charge >= 0.3 is 11.9 Å². The highest BCUT2D eigenvalue weighted by Crippen LogP contribution is 2.26. The number of esters is 2. The third-order valence-electron chi connectivity index (χ3n) is 4.05. The minimum absolute atomic E-state index is 0.217. The van der Waals surface area contributed by atoms with Crippen LogP contribution in [-0.4, -0.2) is 25.2 Å². The fraction of sp³-hybridized carbons (Fsp3) is 0.684. The molecular formula is C19H32O4. The predicted octanol–water partition coefficient (Wildman–Crippen LogP) is 4.16. The maximum absolute atomic E-state index is 11.6. The molecule has 0 aromatic rings. The number of ether oxygens (including phenoxy) is 2. The summed E-state index contributed by atoms with van der Waals surface area (Å²) in [7, 11) is 0. The van der Waals surface area contributed by atoms with Crippen LogP contribution in [0.3, 0.4) is 0 Å². The molecule has 0 aromatic heterocycles. The van der Waals surface area contributed by atoms with Crippen LogP contribution in [0.4, 0.5) is 0 Å². The van der Waals surface area contributed by atoms with Crippen LogP contribution >= 0.6 is 0 Å². The van der Waals surface area contributed by atoms with Crippen molar-refractivity contribution < 1.29 is 19.1 Å². The molecular weight excluding hydrogens is 292 g/mol. The van der Waals surface area contributed by atoms with E-state index in [2.05, 4.69) is 40.9 Å². The van der Waals surface area contributed by atoms with Crippen molar-refractivity contribution in [3.05, 3.63) is 24.3 Å². The number of carbonyl (C=O) groups is 2. The molecule has 4 heteroatoms. The molecule has 0 saturated heterocycles. The Bertz CT molecular complexity index is 395. The SMILES string of the molecule is C=C(C)C(=O)OCC(CC(COC(=O)C(=C)C)C(C)C)C(C)C. The Balaban J connectivity index is 4.70. The average Bonchev–Trinajstić information content (AvgIpc) is 2.44. The fourth-order valence-corrected chi connectivity index (χ4v) is 2.07. The van der Waals surface area contributed by atoms with E-state index in [0.29, 0.717) is 36.2 Å². The van der Waals surface area contributed by atoms with E-state index in [4.69, 9.17) is 9.47 Å². The molecule has 0 aliphatic heterocycles. The minimum atomic E-state index is -0.356. The molecule has 0 fully saturated rings. The smallest absolute Gasteiger partial charge is 0.333 e. The molecule has 132 valence electrons. The molecule has 2 atom stereocenters. The van der Waals surface area contributed by atoms with Gasteiger partial charge in [0, 0.05) is 11.1 Å². The van der Waals surface area contributed by atoms with Crippen LogP contribution in [0.5, 0.6) is 0 Å². The normalized spacial score (nSPS) is 13.6. The van der Waals surface area contributed by atoms with Crippen LogP contribution in [0.15, 0.2) is 24.3 Å². The van der Waals surface area contributed by atoms with Gasteiger partial charge in [-0.3, -0.25) is 0 Å². The van der Waals surface area contributed by atoms with E-state index in [9.17, 15) is 9.59 Å². The van der Waals surface area contributed by atoms with Gasteiger partial charge in [0.05, 0.1) is 13.2 Å². The lowest BCUT2D eigenvalue weighted by Gasteiger charge is -2.28. The van der Waals surface area contributed by atoms with Gasteiger partial charge in [0.2, 0.25) is 0 Å². The zero-order chi connectivity index (χ0) is 18.2. The molecule has 0 N–H and O–H groups in total. The van der Waals surface area contributed by atoms with Crippen molar-refractivity contribution in [1.29, 1.82) is 0 Å². The van der Waals surface area contributed by atoms with Crippen molar-refractivity contribution in [3.63, 3.8) is 0 Å². The van der Waals surface area contributed by atoms with E-state index >= 15 is 0 Å². The highest BCUT2D eigenvalue weighted by molar-refractivity contribution is 5.87. The molecule has 0 radical (unpaired) electrons. The number of carbonyl (C=O) groups excluding carboxylic acids is 2.